The SMILES string of the molecule is CCOC(=O)c1c(NC(=O)NN=Cc2cccnc2)sc(C(C)=O)c1C. The number of nitrogens with zero attached hydrogens (tertiary/aromatic N) is 2. The summed E-state index contributed by atoms with van der Waals surface area (Å²) in [5, 5.41) is 6.58. The maximum absolute atomic E-state index is 12.2. The molecule has 0 bridgehead atoms. The molecule has 26 heavy (non-hydrogen) atoms. The third-order valence-electron chi connectivity index (χ3n) is 3.24. The zero-order chi connectivity index (χ0) is 19.1. The van der Waals surface area contributed by atoms with Crippen molar-refractivity contribution >= 4 is 40.3 Å². The lowest BCUT2D eigenvalue weighted by atomic mass is 10.1. The number of aromatic nitrogens is 1. The van der Waals surface area contributed by atoms with E-state index in [2.05, 4.69) is 20.8 Å². The molecule has 0 fully saturated rings. The molecule has 9 heteroatoms. The number of urea groups is 1. The van der Waals surface area contributed by atoms with Crippen molar-refractivity contribution in [1.29, 1.82) is 0 Å². The van der Waals surface area contributed by atoms with Crippen LogP contribution in [0.3, 0.4) is 0 Å². The van der Waals surface area contributed by atoms with Crippen molar-refractivity contribution in [2.24, 2.45) is 5.10 Å². The third-order valence-corrected chi connectivity index (χ3v) is 4.55. The van der Waals surface area contributed by atoms with Crippen molar-refractivity contribution in [1.82, 2.24) is 10.4 Å². The van der Waals surface area contributed by atoms with Gasteiger partial charge in [0.25, 0.3) is 0 Å². The Morgan fingerprint density at radius 2 is 2.15 bits per heavy atom. The molecule has 2 heterocycles. The number of thiophene rings is 1. The van der Waals surface area contributed by atoms with Crippen LogP contribution >= 0.6 is 11.3 Å². The summed E-state index contributed by atoms with van der Waals surface area (Å²) in [6, 6.07) is 2.87. The van der Waals surface area contributed by atoms with Gasteiger partial charge in [-0.3, -0.25) is 15.1 Å². The van der Waals surface area contributed by atoms with Gasteiger partial charge in [0.15, 0.2) is 5.78 Å². The molecule has 2 amide bonds. The van der Waals surface area contributed by atoms with Crippen molar-refractivity contribution in [3.8, 4) is 0 Å². The first-order valence-corrected chi connectivity index (χ1v) is 8.57. The summed E-state index contributed by atoms with van der Waals surface area (Å²) in [5.41, 5.74) is 3.67. The second kappa shape index (κ2) is 8.86. The average Bonchev–Trinajstić information content (AvgIpc) is 2.92. The zero-order valence-electron chi connectivity index (χ0n) is 14.5. The fourth-order valence-electron chi connectivity index (χ4n) is 2.14. The minimum absolute atomic E-state index is 0.174. The Morgan fingerprint density at radius 3 is 2.77 bits per heavy atom. The lowest BCUT2D eigenvalue weighted by Crippen LogP contribution is -2.24. The van der Waals surface area contributed by atoms with Gasteiger partial charge in [-0.25, -0.2) is 15.0 Å². The van der Waals surface area contributed by atoms with Gasteiger partial charge in [0.05, 0.1) is 23.3 Å². The summed E-state index contributed by atoms with van der Waals surface area (Å²) in [4.78, 5) is 40.3. The lowest BCUT2D eigenvalue weighted by molar-refractivity contribution is 0.0527. The van der Waals surface area contributed by atoms with E-state index in [1.807, 2.05) is 0 Å². The first-order valence-electron chi connectivity index (χ1n) is 7.75. The standard InChI is InChI=1S/C17H18N4O4S/c1-4-25-16(23)13-10(2)14(11(3)22)26-15(13)20-17(24)21-19-9-12-6-5-7-18-8-12/h5-9H,4H2,1-3H3,(H2,20,21,24). The van der Waals surface area contributed by atoms with Gasteiger partial charge in [0.2, 0.25) is 0 Å². The maximum Gasteiger partial charge on any atom is 0.341 e. The van der Waals surface area contributed by atoms with E-state index in [-0.39, 0.29) is 23.0 Å². The highest BCUT2D eigenvalue weighted by Gasteiger charge is 2.25. The van der Waals surface area contributed by atoms with Crippen LogP contribution < -0.4 is 10.7 Å². The average molecular weight is 374 g/mol. The second-order valence-corrected chi connectivity index (χ2v) is 6.17. The third kappa shape index (κ3) is 4.73. The van der Waals surface area contributed by atoms with E-state index in [1.165, 1.54) is 13.1 Å². The van der Waals surface area contributed by atoms with Crippen LogP contribution in [0.25, 0.3) is 0 Å². The number of hydrogen-bond donors (Lipinski definition) is 2. The predicted molar refractivity (Wildman–Crippen MR) is 99.0 cm³/mol. The number of rotatable bonds is 6. The number of carbonyl (C=O) groups excluding carboxylic acids is 3. The van der Waals surface area contributed by atoms with Crippen LogP contribution in [0.2, 0.25) is 0 Å². The topological polar surface area (TPSA) is 110 Å². The number of hydrogen-bond acceptors (Lipinski definition) is 7. The molecule has 2 N–H and O–H groups in total. The highest BCUT2D eigenvalue weighted by Crippen LogP contribution is 2.34. The molecule has 0 unspecified atom stereocenters. The number of nitrogens with one attached hydrogen (secondary N) is 2. The zero-order valence-corrected chi connectivity index (χ0v) is 15.3. The monoisotopic (exact) mass is 374 g/mol. The predicted octanol–water partition coefficient (Wildman–Crippen LogP) is 2.99. The molecule has 2 aromatic heterocycles. The van der Waals surface area contributed by atoms with Crippen molar-refractivity contribution in [3.05, 3.63) is 46.1 Å². The maximum atomic E-state index is 12.2. The molecular formula is C17H18N4O4S. The van der Waals surface area contributed by atoms with Crippen molar-refractivity contribution in [2.75, 3.05) is 11.9 Å². The van der Waals surface area contributed by atoms with Crippen molar-refractivity contribution in [3.63, 3.8) is 0 Å². The highest BCUT2D eigenvalue weighted by molar-refractivity contribution is 7.18. The number of ether oxygens (including phenoxy) is 1. The number of hydrazone groups is 1. The van der Waals surface area contributed by atoms with Crippen LogP contribution in [-0.4, -0.2) is 35.6 Å². The molecule has 0 aliphatic rings. The smallest absolute Gasteiger partial charge is 0.341 e. The summed E-state index contributed by atoms with van der Waals surface area (Å²) in [7, 11) is 0. The number of amides is 2. The second-order valence-electron chi connectivity index (χ2n) is 5.15. The van der Waals surface area contributed by atoms with Gasteiger partial charge in [-0.05, 0) is 32.4 Å². The number of anilines is 1. The molecule has 0 spiro atoms. The lowest BCUT2D eigenvalue weighted by Gasteiger charge is -2.06. The van der Waals surface area contributed by atoms with Gasteiger partial charge in [-0.2, -0.15) is 5.10 Å². The molecule has 0 saturated carbocycles. The van der Waals surface area contributed by atoms with E-state index in [0.29, 0.717) is 16.0 Å². The molecule has 2 aromatic rings. The van der Waals surface area contributed by atoms with Crippen molar-refractivity contribution < 1.29 is 19.1 Å². The number of esters is 1. The van der Waals surface area contributed by atoms with E-state index in [0.717, 1.165) is 11.3 Å². The molecule has 0 aliphatic carbocycles. The van der Waals surface area contributed by atoms with E-state index in [4.69, 9.17) is 4.74 Å². The molecule has 0 aliphatic heterocycles. The first kappa shape index (κ1) is 19.3. The molecule has 2 rings (SSSR count). The number of Topliss-reactive ketones (excluding diaryl/α,β-unsaturated/α-hetero) is 1. The molecule has 0 atom stereocenters. The highest BCUT2D eigenvalue weighted by atomic mass is 32.1. The molecule has 136 valence electrons. The van der Waals surface area contributed by atoms with Crippen LogP contribution in [0.15, 0.2) is 29.6 Å². The van der Waals surface area contributed by atoms with Crippen LogP contribution in [-0.2, 0) is 4.74 Å². The molecule has 0 aromatic carbocycles. The Bertz CT molecular complexity index is 846. The summed E-state index contributed by atoms with van der Waals surface area (Å²) < 4.78 is 5.01. The largest absolute Gasteiger partial charge is 0.462 e. The Labute approximate surface area is 154 Å². The molecule has 0 saturated heterocycles. The summed E-state index contributed by atoms with van der Waals surface area (Å²) in [6.07, 6.45) is 4.64. The Morgan fingerprint density at radius 1 is 1.38 bits per heavy atom. The summed E-state index contributed by atoms with van der Waals surface area (Å²) in [5.74, 6) is -0.788. The van der Waals surface area contributed by atoms with Gasteiger partial charge >= 0.3 is 12.0 Å². The fourth-order valence-corrected chi connectivity index (χ4v) is 3.22. The van der Waals surface area contributed by atoms with E-state index < -0.39 is 12.0 Å². The molecular weight excluding hydrogens is 356 g/mol. The summed E-state index contributed by atoms with van der Waals surface area (Å²) >= 11 is 1.02. The van der Waals surface area contributed by atoms with Gasteiger partial charge in [-0.15, -0.1) is 11.3 Å². The van der Waals surface area contributed by atoms with E-state index >= 15 is 0 Å². The van der Waals surface area contributed by atoms with Gasteiger partial charge < -0.3 is 4.74 Å². The summed E-state index contributed by atoms with van der Waals surface area (Å²) in [6.45, 7) is 4.90. The van der Waals surface area contributed by atoms with E-state index in [1.54, 1.807) is 38.4 Å². The first-order chi connectivity index (χ1) is 12.4. The Kier molecular flexibility index (Phi) is 6.56. The normalized spacial score (nSPS) is 10.6. The minimum atomic E-state index is -0.646. The molecule has 8 nitrogen and oxygen atoms in total. The van der Waals surface area contributed by atoms with Crippen LogP contribution in [0.1, 0.15) is 45.0 Å². The quantitative estimate of drug-likeness (QED) is 0.350. The van der Waals surface area contributed by atoms with Gasteiger partial charge in [0, 0.05) is 18.0 Å². The van der Waals surface area contributed by atoms with Crippen LogP contribution in [0.4, 0.5) is 9.80 Å². The fraction of sp³-hybridized carbons (Fsp3) is 0.235. The molecule has 0 radical (unpaired) electrons. The van der Waals surface area contributed by atoms with Crippen molar-refractivity contribution in [2.45, 2.75) is 20.8 Å². The van der Waals surface area contributed by atoms with Gasteiger partial charge in [-0.1, -0.05) is 6.07 Å². The van der Waals surface area contributed by atoms with E-state index in [9.17, 15) is 14.4 Å². The Balaban J connectivity index is 2.15. The number of ketones is 1. The number of carbonyl (C=O) groups is 3. The van der Waals surface area contributed by atoms with Gasteiger partial charge in [0.1, 0.15) is 5.00 Å². The Hall–Kier alpha value is -3.07. The number of pyridine rings is 1. The van der Waals surface area contributed by atoms with Crippen LogP contribution in [0.5, 0.6) is 0 Å². The van der Waals surface area contributed by atoms with Crippen LogP contribution in [0, 0.1) is 6.92 Å². The minimum Gasteiger partial charge on any atom is -0.462 e.